The molecule has 0 saturated carbocycles. The van der Waals surface area contributed by atoms with Crippen molar-refractivity contribution in [3.05, 3.63) is 52.6 Å². The fourth-order valence-electron chi connectivity index (χ4n) is 1.89. The fraction of sp³-hybridized carbons (Fsp3) is 0.286. The smallest absolute Gasteiger partial charge is 0.251 e. The van der Waals surface area contributed by atoms with Gasteiger partial charge in [0.25, 0.3) is 5.91 Å². The van der Waals surface area contributed by atoms with E-state index in [1.165, 1.54) is 12.1 Å². The minimum absolute atomic E-state index is 0.216. The van der Waals surface area contributed by atoms with Crippen LogP contribution < -0.4 is 5.32 Å². The summed E-state index contributed by atoms with van der Waals surface area (Å²) in [4.78, 5) is 11.9. The molecule has 100 valence electrons. The molecule has 1 heterocycles. The van der Waals surface area contributed by atoms with Crippen LogP contribution in [0.25, 0.3) is 0 Å². The molecule has 0 atom stereocenters. The average Bonchev–Trinajstić information content (AvgIpc) is 2.68. The number of nitrogens with zero attached hydrogens (tertiary/aromatic N) is 2. The summed E-state index contributed by atoms with van der Waals surface area (Å²) >= 11 is 0. The molecule has 2 rings (SSSR count). The van der Waals surface area contributed by atoms with Gasteiger partial charge in [0.05, 0.1) is 5.69 Å². The van der Waals surface area contributed by atoms with Crippen LogP contribution in [0.15, 0.2) is 24.4 Å². The number of carbonyl (C=O) groups is 1. The molecule has 5 heteroatoms. The Morgan fingerprint density at radius 3 is 2.74 bits per heavy atom. The molecule has 0 fully saturated rings. The van der Waals surface area contributed by atoms with Crippen LogP contribution in [0.1, 0.15) is 27.2 Å². The van der Waals surface area contributed by atoms with E-state index in [2.05, 4.69) is 10.4 Å². The van der Waals surface area contributed by atoms with Gasteiger partial charge in [-0.3, -0.25) is 9.48 Å². The molecule has 0 aliphatic rings. The molecule has 1 aromatic heterocycles. The molecule has 1 N–H and O–H groups in total. The number of hydrogen-bond donors (Lipinski definition) is 1. The van der Waals surface area contributed by atoms with Crippen LogP contribution >= 0.6 is 0 Å². The third-order valence-corrected chi connectivity index (χ3v) is 2.97. The van der Waals surface area contributed by atoms with Crippen LogP contribution in [-0.4, -0.2) is 15.7 Å². The Kier molecular flexibility index (Phi) is 3.64. The van der Waals surface area contributed by atoms with E-state index in [9.17, 15) is 9.18 Å². The maximum atomic E-state index is 13.1. The first-order valence-electron chi connectivity index (χ1n) is 6.01. The van der Waals surface area contributed by atoms with Crippen LogP contribution in [0.4, 0.5) is 4.39 Å². The zero-order chi connectivity index (χ0) is 14.0. The van der Waals surface area contributed by atoms with Gasteiger partial charge in [0.15, 0.2) is 0 Å². The van der Waals surface area contributed by atoms with Gasteiger partial charge in [-0.05, 0) is 37.6 Å². The highest BCUT2D eigenvalue weighted by atomic mass is 19.1. The van der Waals surface area contributed by atoms with Crippen molar-refractivity contribution in [2.75, 3.05) is 0 Å². The molecule has 2 aromatic rings. The third kappa shape index (κ3) is 2.99. The molecule has 0 unspecified atom stereocenters. The largest absolute Gasteiger partial charge is 0.348 e. The van der Waals surface area contributed by atoms with Crippen LogP contribution in [0, 0.1) is 19.7 Å². The van der Waals surface area contributed by atoms with E-state index in [0.717, 1.165) is 11.3 Å². The topological polar surface area (TPSA) is 46.9 Å². The second kappa shape index (κ2) is 5.22. The van der Waals surface area contributed by atoms with E-state index in [0.29, 0.717) is 17.7 Å². The number of rotatable bonds is 3. The molecule has 19 heavy (non-hydrogen) atoms. The highest BCUT2D eigenvalue weighted by molar-refractivity contribution is 5.94. The zero-order valence-electron chi connectivity index (χ0n) is 11.2. The van der Waals surface area contributed by atoms with Gasteiger partial charge < -0.3 is 5.32 Å². The van der Waals surface area contributed by atoms with E-state index in [-0.39, 0.29) is 11.7 Å². The van der Waals surface area contributed by atoms with Gasteiger partial charge >= 0.3 is 0 Å². The van der Waals surface area contributed by atoms with Gasteiger partial charge in [-0.25, -0.2) is 4.39 Å². The maximum Gasteiger partial charge on any atom is 0.251 e. The van der Waals surface area contributed by atoms with Crippen molar-refractivity contribution in [2.45, 2.75) is 20.4 Å². The fourth-order valence-corrected chi connectivity index (χ4v) is 1.89. The summed E-state index contributed by atoms with van der Waals surface area (Å²) in [5.41, 5.74) is 2.78. The molecule has 4 nitrogen and oxygen atoms in total. The highest BCUT2D eigenvalue weighted by Crippen LogP contribution is 2.10. The molecule has 1 amide bonds. The van der Waals surface area contributed by atoms with Crippen molar-refractivity contribution in [2.24, 2.45) is 7.05 Å². The Morgan fingerprint density at radius 1 is 1.42 bits per heavy atom. The van der Waals surface area contributed by atoms with Gasteiger partial charge in [-0.2, -0.15) is 5.10 Å². The molecule has 0 saturated heterocycles. The summed E-state index contributed by atoms with van der Waals surface area (Å²) in [6.45, 7) is 3.94. The Hall–Kier alpha value is -2.17. The van der Waals surface area contributed by atoms with Gasteiger partial charge in [0.1, 0.15) is 5.82 Å². The quantitative estimate of drug-likeness (QED) is 0.919. The van der Waals surface area contributed by atoms with Crippen LogP contribution in [0.3, 0.4) is 0 Å². The molecule has 0 aliphatic carbocycles. The number of nitrogens with one attached hydrogen (secondary N) is 1. The lowest BCUT2D eigenvalue weighted by Gasteiger charge is -2.05. The molecule has 0 spiro atoms. The number of benzene rings is 1. The Morgan fingerprint density at radius 2 is 2.16 bits per heavy atom. The number of aryl methyl sites for hydroxylation is 3. The van der Waals surface area contributed by atoms with E-state index >= 15 is 0 Å². The minimum atomic E-state index is -0.306. The summed E-state index contributed by atoms with van der Waals surface area (Å²) in [5.74, 6) is -0.522. The highest BCUT2D eigenvalue weighted by Gasteiger charge is 2.09. The van der Waals surface area contributed by atoms with Crippen molar-refractivity contribution in [3.8, 4) is 0 Å². The molecular formula is C14H16FN3O. The molecule has 0 bridgehead atoms. The van der Waals surface area contributed by atoms with Crippen molar-refractivity contribution in [3.63, 3.8) is 0 Å². The van der Waals surface area contributed by atoms with E-state index in [4.69, 9.17) is 0 Å². The van der Waals surface area contributed by atoms with E-state index < -0.39 is 0 Å². The predicted octanol–water partition coefficient (Wildman–Crippen LogP) is 2.11. The lowest BCUT2D eigenvalue weighted by atomic mass is 10.1. The first-order chi connectivity index (χ1) is 8.97. The van der Waals surface area contributed by atoms with Gasteiger partial charge in [0, 0.05) is 30.9 Å². The van der Waals surface area contributed by atoms with Crippen LogP contribution in [0.5, 0.6) is 0 Å². The van der Waals surface area contributed by atoms with Crippen LogP contribution in [-0.2, 0) is 13.6 Å². The molecular weight excluding hydrogens is 245 g/mol. The van der Waals surface area contributed by atoms with Crippen molar-refractivity contribution < 1.29 is 9.18 Å². The number of aromatic nitrogens is 2. The van der Waals surface area contributed by atoms with Crippen molar-refractivity contribution >= 4 is 5.91 Å². The van der Waals surface area contributed by atoms with E-state index in [1.54, 1.807) is 17.7 Å². The number of carbonyl (C=O) groups excluding carboxylic acids is 1. The summed E-state index contributed by atoms with van der Waals surface area (Å²) in [6.07, 6.45) is 1.87. The second-order valence-electron chi connectivity index (χ2n) is 4.56. The normalized spacial score (nSPS) is 10.5. The van der Waals surface area contributed by atoms with Crippen molar-refractivity contribution in [1.29, 1.82) is 0 Å². The Balaban J connectivity index is 2.05. The van der Waals surface area contributed by atoms with Crippen LogP contribution in [0.2, 0.25) is 0 Å². The number of hydrogen-bond acceptors (Lipinski definition) is 2. The van der Waals surface area contributed by atoms with Gasteiger partial charge in [-0.1, -0.05) is 0 Å². The summed E-state index contributed by atoms with van der Waals surface area (Å²) < 4.78 is 14.8. The molecule has 0 radical (unpaired) electrons. The van der Waals surface area contributed by atoms with Gasteiger partial charge in [0.2, 0.25) is 0 Å². The lowest BCUT2D eigenvalue weighted by Crippen LogP contribution is -2.23. The van der Waals surface area contributed by atoms with E-state index in [1.807, 2.05) is 20.2 Å². The Bertz CT molecular complexity index is 619. The first-order valence-corrected chi connectivity index (χ1v) is 6.01. The molecule has 0 aliphatic heterocycles. The zero-order valence-corrected chi connectivity index (χ0v) is 11.2. The summed E-state index contributed by atoms with van der Waals surface area (Å²) in [5, 5.41) is 7.00. The third-order valence-electron chi connectivity index (χ3n) is 2.97. The average molecular weight is 261 g/mol. The monoisotopic (exact) mass is 261 g/mol. The summed E-state index contributed by atoms with van der Waals surface area (Å²) in [6, 6.07) is 4.33. The predicted molar refractivity (Wildman–Crippen MR) is 70.3 cm³/mol. The van der Waals surface area contributed by atoms with Crippen molar-refractivity contribution in [1.82, 2.24) is 15.1 Å². The first kappa shape index (κ1) is 13.3. The Labute approximate surface area is 111 Å². The minimum Gasteiger partial charge on any atom is -0.348 e. The standard InChI is InChI=1S/C14H16FN3O/c1-9-6-11(4-5-13(9)15)14(19)16-7-12-8-18(3)17-10(12)2/h4-6,8H,7H2,1-3H3,(H,16,19). The lowest BCUT2D eigenvalue weighted by molar-refractivity contribution is 0.0950. The molecule has 1 aromatic carbocycles. The summed E-state index contributed by atoms with van der Waals surface area (Å²) in [7, 11) is 1.83. The maximum absolute atomic E-state index is 13.1. The SMILES string of the molecule is Cc1cc(C(=O)NCc2cn(C)nc2C)ccc1F. The number of halogens is 1. The second-order valence-corrected chi connectivity index (χ2v) is 4.56. The van der Waals surface area contributed by atoms with Gasteiger partial charge in [-0.15, -0.1) is 0 Å². The number of amides is 1.